The van der Waals surface area contributed by atoms with E-state index in [4.69, 9.17) is 0 Å². The molecule has 1 unspecified atom stereocenters. The summed E-state index contributed by atoms with van der Waals surface area (Å²) < 4.78 is 0. The molecule has 0 bridgehead atoms. The van der Waals surface area contributed by atoms with Crippen LogP contribution < -0.4 is 5.32 Å². The number of amides is 2. The Labute approximate surface area is 141 Å². The average molecular weight is 323 g/mol. The average Bonchev–Trinajstić information content (AvgIpc) is 2.90. The summed E-state index contributed by atoms with van der Waals surface area (Å²) in [5.74, 6) is 0.0758. The van der Waals surface area contributed by atoms with Gasteiger partial charge in [0.1, 0.15) is 6.04 Å². The van der Waals surface area contributed by atoms with Crippen molar-refractivity contribution in [3.8, 4) is 0 Å². The van der Waals surface area contributed by atoms with E-state index in [-0.39, 0.29) is 11.8 Å². The molecule has 1 atom stereocenters. The van der Waals surface area contributed by atoms with Gasteiger partial charge in [0.25, 0.3) is 5.91 Å². The predicted octanol–water partition coefficient (Wildman–Crippen LogP) is 3.09. The first-order chi connectivity index (χ1) is 11.6. The topological polar surface area (TPSA) is 62.3 Å². The van der Waals surface area contributed by atoms with Gasteiger partial charge < -0.3 is 10.2 Å². The van der Waals surface area contributed by atoms with E-state index in [1.807, 2.05) is 24.3 Å². The summed E-state index contributed by atoms with van der Waals surface area (Å²) in [6.07, 6.45) is 3.88. The number of benzene rings is 1. The summed E-state index contributed by atoms with van der Waals surface area (Å²) in [4.78, 5) is 31.1. The van der Waals surface area contributed by atoms with E-state index in [1.54, 1.807) is 29.4 Å². The van der Waals surface area contributed by atoms with Crippen LogP contribution in [0.25, 0.3) is 0 Å². The summed E-state index contributed by atoms with van der Waals surface area (Å²) in [7, 11) is 0. The molecule has 2 aromatic rings. The Kier molecular flexibility index (Phi) is 4.60. The minimum absolute atomic E-state index is 0.0684. The van der Waals surface area contributed by atoms with Gasteiger partial charge in [0.15, 0.2) is 0 Å². The first kappa shape index (κ1) is 16.2. The van der Waals surface area contributed by atoms with Gasteiger partial charge in [0.2, 0.25) is 5.91 Å². The van der Waals surface area contributed by atoms with Crippen molar-refractivity contribution >= 4 is 17.5 Å². The maximum atomic E-state index is 12.8. The molecule has 0 radical (unpaired) electrons. The molecule has 1 aliphatic rings. The lowest BCUT2D eigenvalue weighted by atomic mass is 10.0. The largest absolute Gasteiger partial charge is 0.324 e. The van der Waals surface area contributed by atoms with Crippen LogP contribution in [0.1, 0.15) is 36.2 Å². The molecule has 0 fully saturated rings. The Morgan fingerprint density at radius 1 is 1.21 bits per heavy atom. The molecule has 1 N–H and O–H groups in total. The van der Waals surface area contributed by atoms with E-state index in [1.165, 1.54) is 0 Å². The van der Waals surface area contributed by atoms with Gasteiger partial charge in [-0.2, -0.15) is 0 Å². The fourth-order valence-corrected chi connectivity index (χ4v) is 3.01. The number of carbonyl (C=O) groups is 2. The monoisotopic (exact) mass is 323 g/mol. The van der Waals surface area contributed by atoms with E-state index in [2.05, 4.69) is 24.1 Å². The second kappa shape index (κ2) is 6.83. The van der Waals surface area contributed by atoms with Crippen LogP contribution in [-0.4, -0.2) is 27.7 Å². The Morgan fingerprint density at radius 3 is 2.58 bits per heavy atom. The highest BCUT2D eigenvalue weighted by Gasteiger charge is 2.36. The summed E-state index contributed by atoms with van der Waals surface area (Å²) in [6, 6.07) is 10.5. The van der Waals surface area contributed by atoms with Gasteiger partial charge in [-0.15, -0.1) is 0 Å². The quantitative estimate of drug-likeness (QED) is 0.920. The number of nitrogens with one attached hydrogen (secondary N) is 1. The van der Waals surface area contributed by atoms with Crippen molar-refractivity contribution in [2.24, 2.45) is 5.92 Å². The standard InChI is InChI=1S/C19H21N3O2/c1-13(2)11-17(18(23)21-15-7-9-20-10-8-15)22-12-14-5-3-4-6-16(14)19(22)24/h3-10,13,17H,11-12H2,1-2H3,(H,20,21,23). The van der Waals surface area contributed by atoms with Crippen LogP contribution in [0.5, 0.6) is 0 Å². The Hall–Kier alpha value is -2.69. The van der Waals surface area contributed by atoms with E-state index >= 15 is 0 Å². The molecule has 124 valence electrons. The normalized spacial score (nSPS) is 14.6. The van der Waals surface area contributed by atoms with Crippen LogP contribution in [0.4, 0.5) is 5.69 Å². The Morgan fingerprint density at radius 2 is 1.92 bits per heavy atom. The number of anilines is 1. The molecule has 1 aromatic carbocycles. The summed E-state index contributed by atoms with van der Waals surface area (Å²) >= 11 is 0. The zero-order valence-corrected chi connectivity index (χ0v) is 13.9. The molecule has 5 nitrogen and oxygen atoms in total. The molecule has 3 rings (SSSR count). The van der Waals surface area contributed by atoms with Crippen molar-refractivity contribution < 1.29 is 9.59 Å². The van der Waals surface area contributed by atoms with Crippen LogP contribution in [-0.2, 0) is 11.3 Å². The van der Waals surface area contributed by atoms with Crippen LogP contribution >= 0.6 is 0 Å². The number of pyridine rings is 1. The lowest BCUT2D eigenvalue weighted by molar-refractivity contribution is -0.121. The van der Waals surface area contributed by atoms with Gasteiger partial charge in [0, 0.05) is 30.2 Å². The van der Waals surface area contributed by atoms with Gasteiger partial charge in [-0.1, -0.05) is 32.0 Å². The van der Waals surface area contributed by atoms with Crippen molar-refractivity contribution in [2.45, 2.75) is 32.9 Å². The predicted molar refractivity (Wildman–Crippen MR) is 92.4 cm³/mol. The number of hydrogen-bond donors (Lipinski definition) is 1. The van der Waals surface area contributed by atoms with Gasteiger partial charge >= 0.3 is 0 Å². The molecule has 24 heavy (non-hydrogen) atoms. The zero-order chi connectivity index (χ0) is 17.1. The van der Waals surface area contributed by atoms with Crippen molar-refractivity contribution in [3.05, 3.63) is 59.9 Å². The smallest absolute Gasteiger partial charge is 0.255 e. The highest BCUT2D eigenvalue weighted by Crippen LogP contribution is 2.27. The molecule has 5 heteroatoms. The molecule has 2 amide bonds. The van der Waals surface area contributed by atoms with Crippen LogP contribution in [0.15, 0.2) is 48.8 Å². The second-order valence-electron chi connectivity index (χ2n) is 6.46. The van der Waals surface area contributed by atoms with Gasteiger partial charge in [-0.05, 0) is 36.1 Å². The number of hydrogen-bond acceptors (Lipinski definition) is 3. The molecular formula is C19H21N3O2. The van der Waals surface area contributed by atoms with Crippen molar-refractivity contribution in [1.29, 1.82) is 0 Å². The maximum Gasteiger partial charge on any atom is 0.255 e. The molecule has 0 spiro atoms. The van der Waals surface area contributed by atoms with Crippen molar-refractivity contribution in [1.82, 2.24) is 9.88 Å². The van der Waals surface area contributed by atoms with Gasteiger partial charge in [-0.25, -0.2) is 0 Å². The minimum atomic E-state index is -0.488. The number of fused-ring (bicyclic) bond motifs is 1. The van der Waals surface area contributed by atoms with Crippen LogP contribution in [0, 0.1) is 5.92 Å². The molecule has 2 heterocycles. The van der Waals surface area contributed by atoms with Crippen molar-refractivity contribution in [3.63, 3.8) is 0 Å². The Balaban J connectivity index is 1.82. The first-order valence-corrected chi connectivity index (χ1v) is 8.16. The van der Waals surface area contributed by atoms with Crippen LogP contribution in [0.2, 0.25) is 0 Å². The molecule has 0 saturated carbocycles. The van der Waals surface area contributed by atoms with E-state index in [9.17, 15) is 9.59 Å². The number of carbonyl (C=O) groups excluding carboxylic acids is 2. The van der Waals surface area contributed by atoms with Gasteiger partial charge in [-0.3, -0.25) is 14.6 Å². The maximum absolute atomic E-state index is 12.8. The fourth-order valence-electron chi connectivity index (χ4n) is 3.01. The molecular weight excluding hydrogens is 302 g/mol. The number of nitrogens with zero attached hydrogens (tertiary/aromatic N) is 2. The highest BCUT2D eigenvalue weighted by molar-refractivity contribution is 6.03. The summed E-state index contributed by atoms with van der Waals surface area (Å²) in [5, 5.41) is 2.90. The minimum Gasteiger partial charge on any atom is -0.324 e. The summed E-state index contributed by atoms with van der Waals surface area (Å²) in [6.45, 7) is 4.59. The van der Waals surface area contributed by atoms with Gasteiger partial charge in [0.05, 0.1) is 0 Å². The third kappa shape index (κ3) is 3.30. The SMILES string of the molecule is CC(C)CC(C(=O)Nc1ccncc1)N1Cc2ccccc2C1=O. The zero-order valence-electron chi connectivity index (χ0n) is 13.9. The highest BCUT2D eigenvalue weighted by atomic mass is 16.2. The lowest BCUT2D eigenvalue weighted by Gasteiger charge is -2.28. The molecule has 0 aliphatic carbocycles. The van der Waals surface area contributed by atoms with Crippen molar-refractivity contribution in [2.75, 3.05) is 5.32 Å². The Bertz CT molecular complexity index is 743. The number of aromatic nitrogens is 1. The molecule has 1 aliphatic heterocycles. The first-order valence-electron chi connectivity index (χ1n) is 8.16. The third-order valence-electron chi connectivity index (χ3n) is 4.17. The fraction of sp³-hybridized carbons (Fsp3) is 0.316. The third-order valence-corrected chi connectivity index (χ3v) is 4.17. The second-order valence-corrected chi connectivity index (χ2v) is 6.46. The molecule has 1 aromatic heterocycles. The lowest BCUT2D eigenvalue weighted by Crippen LogP contribution is -2.45. The number of rotatable bonds is 5. The van der Waals surface area contributed by atoms with E-state index in [0.29, 0.717) is 30.1 Å². The van der Waals surface area contributed by atoms with E-state index in [0.717, 1.165) is 5.56 Å². The van der Waals surface area contributed by atoms with E-state index < -0.39 is 6.04 Å². The summed E-state index contributed by atoms with van der Waals surface area (Å²) in [5.41, 5.74) is 2.36. The van der Waals surface area contributed by atoms with Crippen LogP contribution in [0.3, 0.4) is 0 Å². The molecule has 0 saturated heterocycles.